The first-order valence-electron chi connectivity index (χ1n) is 9.64. The second-order valence-corrected chi connectivity index (χ2v) is 7.11. The van der Waals surface area contributed by atoms with Crippen molar-refractivity contribution in [2.75, 3.05) is 5.32 Å². The summed E-state index contributed by atoms with van der Waals surface area (Å²) in [5, 5.41) is 2.98. The average molecular weight is 353 g/mol. The molecule has 0 spiro atoms. The number of anilines is 1. The van der Waals surface area contributed by atoms with Crippen LogP contribution in [0.2, 0.25) is 0 Å². The maximum Gasteiger partial charge on any atom is 0.251 e. The van der Waals surface area contributed by atoms with Crippen molar-refractivity contribution in [3.63, 3.8) is 0 Å². The molecule has 2 aromatic rings. The van der Waals surface area contributed by atoms with Gasteiger partial charge < -0.3 is 10.3 Å². The Morgan fingerprint density at radius 1 is 1.23 bits per heavy atom. The highest BCUT2D eigenvalue weighted by Gasteiger charge is 2.15. The summed E-state index contributed by atoms with van der Waals surface area (Å²) in [7, 11) is 0. The molecule has 1 amide bonds. The Kier molecular flexibility index (Phi) is 6.21. The summed E-state index contributed by atoms with van der Waals surface area (Å²) in [6, 6.07) is 8.99. The van der Waals surface area contributed by atoms with E-state index in [1.165, 1.54) is 38.2 Å². The maximum absolute atomic E-state index is 12.3. The first-order chi connectivity index (χ1) is 12.6. The van der Waals surface area contributed by atoms with Gasteiger partial charge in [-0.2, -0.15) is 0 Å². The van der Waals surface area contributed by atoms with E-state index in [1.807, 2.05) is 31.2 Å². The lowest BCUT2D eigenvalue weighted by Gasteiger charge is -2.21. The van der Waals surface area contributed by atoms with E-state index in [0.717, 1.165) is 23.4 Å². The molecule has 1 heterocycles. The van der Waals surface area contributed by atoms with Gasteiger partial charge in [-0.15, -0.1) is 0 Å². The summed E-state index contributed by atoms with van der Waals surface area (Å²) < 4.78 is 0. The molecule has 0 atom stereocenters. The van der Waals surface area contributed by atoms with Crippen LogP contribution in [0.25, 0.3) is 11.4 Å². The fourth-order valence-corrected chi connectivity index (χ4v) is 3.60. The summed E-state index contributed by atoms with van der Waals surface area (Å²) in [4.78, 5) is 31.3. The van der Waals surface area contributed by atoms with E-state index in [2.05, 4.69) is 15.3 Å². The van der Waals surface area contributed by atoms with E-state index >= 15 is 0 Å². The molecule has 0 radical (unpaired) electrons. The van der Waals surface area contributed by atoms with Gasteiger partial charge in [-0.1, -0.05) is 51.2 Å². The Labute approximate surface area is 154 Å². The molecule has 138 valence electrons. The fourth-order valence-electron chi connectivity index (χ4n) is 3.60. The van der Waals surface area contributed by atoms with Crippen molar-refractivity contribution in [2.45, 2.75) is 58.3 Å². The molecular formula is C21H27N3O2. The monoisotopic (exact) mass is 353 g/mol. The SMILES string of the molecule is CCc1cc(=O)[nH]c(-c2cccc(NC(=O)CCC3CCCCC3)c2)n1. The van der Waals surface area contributed by atoms with Crippen molar-refractivity contribution in [1.82, 2.24) is 9.97 Å². The van der Waals surface area contributed by atoms with E-state index in [9.17, 15) is 9.59 Å². The molecule has 26 heavy (non-hydrogen) atoms. The summed E-state index contributed by atoms with van der Waals surface area (Å²) in [5.74, 6) is 1.29. The highest BCUT2D eigenvalue weighted by atomic mass is 16.1. The van der Waals surface area contributed by atoms with Gasteiger partial charge in [-0.05, 0) is 30.9 Å². The number of hydrogen-bond donors (Lipinski definition) is 2. The minimum atomic E-state index is -0.159. The number of aromatic amines is 1. The molecule has 1 aliphatic rings. The molecular weight excluding hydrogens is 326 g/mol. The van der Waals surface area contributed by atoms with Crippen LogP contribution in [-0.4, -0.2) is 15.9 Å². The van der Waals surface area contributed by atoms with Crippen LogP contribution in [0.3, 0.4) is 0 Å². The Morgan fingerprint density at radius 2 is 2.04 bits per heavy atom. The van der Waals surface area contributed by atoms with Gasteiger partial charge in [0.05, 0.1) is 0 Å². The van der Waals surface area contributed by atoms with Crippen LogP contribution in [0.1, 0.15) is 57.6 Å². The minimum absolute atomic E-state index is 0.0523. The summed E-state index contributed by atoms with van der Waals surface area (Å²) in [6.45, 7) is 1.97. The number of carbonyl (C=O) groups is 1. The zero-order chi connectivity index (χ0) is 18.4. The van der Waals surface area contributed by atoms with E-state index in [4.69, 9.17) is 0 Å². The van der Waals surface area contributed by atoms with E-state index in [1.54, 1.807) is 0 Å². The number of nitrogens with zero attached hydrogens (tertiary/aromatic N) is 1. The summed E-state index contributed by atoms with van der Waals surface area (Å²) in [5.41, 5.74) is 2.13. The van der Waals surface area contributed by atoms with Gasteiger partial charge in [0.25, 0.3) is 5.56 Å². The van der Waals surface area contributed by atoms with Gasteiger partial charge >= 0.3 is 0 Å². The molecule has 5 heteroatoms. The molecule has 1 aliphatic carbocycles. The number of rotatable bonds is 6. The van der Waals surface area contributed by atoms with Crippen molar-refractivity contribution >= 4 is 11.6 Å². The molecule has 0 saturated heterocycles. The number of carbonyl (C=O) groups excluding carboxylic acids is 1. The first-order valence-corrected chi connectivity index (χ1v) is 9.64. The third-order valence-electron chi connectivity index (χ3n) is 5.08. The lowest BCUT2D eigenvalue weighted by molar-refractivity contribution is -0.116. The van der Waals surface area contributed by atoms with Crippen molar-refractivity contribution in [2.24, 2.45) is 5.92 Å². The topological polar surface area (TPSA) is 74.8 Å². The lowest BCUT2D eigenvalue weighted by atomic mass is 9.86. The highest BCUT2D eigenvalue weighted by Crippen LogP contribution is 2.27. The molecule has 3 rings (SSSR count). The third kappa shape index (κ3) is 5.04. The van der Waals surface area contributed by atoms with Gasteiger partial charge in [0.2, 0.25) is 5.91 Å². The van der Waals surface area contributed by atoms with Crippen LogP contribution in [0.5, 0.6) is 0 Å². The molecule has 1 saturated carbocycles. The summed E-state index contributed by atoms with van der Waals surface area (Å²) >= 11 is 0. The van der Waals surface area contributed by atoms with Crippen molar-refractivity contribution in [3.8, 4) is 11.4 Å². The van der Waals surface area contributed by atoms with E-state index in [-0.39, 0.29) is 11.5 Å². The number of nitrogens with one attached hydrogen (secondary N) is 2. The lowest BCUT2D eigenvalue weighted by Crippen LogP contribution is -2.15. The molecule has 0 aliphatic heterocycles. The Morgan fingerprint density at radius 3 is 2.81 bits per heavy atom. The predicted molar refractivity (Wildman–Crippen MR) is 104 cm³/mol. The van der Waals surface area contributed by atoms with Gasteiger partial charge in [-0.25, -0.2) is 4.98 Å². The molecule has 1 aromatic carbocycles. The molecule has 1 fully saturated rings. The molecule has 0 bridgehead atoms. The van der Waals surface area contributed by atoms with E-state index in [0.29, 0.717) is 24.6 Å². The highest BCUT2D eigenvalue weighted by molar-refractivity contribution is 5.91. The van der Waals surface area contributed by atoms with Crippen molar-refractivity contribution < 1.29 is 4.79 Å². The van der Waals surface area contributed by atoms with Crippen LogP contribution < -0.4 is 10.9 Å². The summed E-state index contributed by atoms with van der Waals surface area (Å²) in [6.07, 6.45) is 8.70. The fraction of sp³-hybridized carbons (Fsp3) is 0.476. The van der Waals surface area contributed by atoms with Crippen LogP contribution in [0.15, 0.2) is 35.1 Å². The number of H-pyrrole nitrogens is 1. The molecule has 1 aromatic heterocycles. The van der Waals surface area contributed by atoms with Crippen LogP contribution in [0, 0.1) is 5.92 Å². The Balaban J connectivity index is 1.64. The number of aryl methyl sites for hydroxylation is 1. The number of benzene rings is 1. The van der Waals surface area contributed by atoms with Gasteiger partial charge in [-0.3, -0.25) is 9.59 Å². The second kappa shape index (κ2) is 8.79. The van der Waals surface area contributed by atoms with Gasteiger partial charge in [0, 0.05) is 29.4 Å². The Hall–Kier alpha value is -2.43. The van der Waals surface area contributed by atoms with Gasteiger partial charge in [0.15, 0.2) is 0 Å². The third-order valence-corrected chi connectivity index (χ3v) is 5.08. The molecule has 5 nitrogen and oxygen atoms in total. The van der Waals surface area contributed by atoms with Gasteiger partial charge in [0.1, 0.15) is 5.82 Å². The molecule has 2 N–H and O–H groups in total. The van der Waals surface area contributed by atoms with Crippen LogP contribution >= 0.6 is 0 Å². The van der Waals surface area contributed by atoms with Crippen molar-refractivity contribution in [3.05, 3.63) is 46.4 Å². The zero-order valence-electron chi connectivity index (χ0n) is 15.4. The van der Waals surface area contributed by atoms with Crippen molar-refractivity contribution in [1.29, 1.82) is 0 Å². The first kappa shape index (κ1) is 18.4. The second-order valence-electron chi connectivity index (χ2n) is 7.11. The van der Waals surface area contributed by atoms with Crippen LogP contribution in [-0.2, 0) is 11.2 Å². The number of amides is 1. The largest absolute Gasteiger partial charge is 0.326 e. The smallest absolute Gasteiger partial charge is 0.251 e. The maximum atomic E-state index is 12.3. The standard InChI is InChI=1S/C21H27N3O2/c1-2-17-14-20(26)24-21(23-17)16-9-6-10-18(13-16)22-19(25)12-11-15-7-4-3-5-8-15/h6,9-10,13-15H,2-5,7-8,11-12H2,1H3,(H,22,25)(H,23,24,26). The number of aromatic nitrogens is 2. The van der Waals surface area contributed by atoms with Crippen LogP contribution in [0.4, 0.5) is 5.69 Å². The molecule has 0 unspecified atom stereocenters. The average Bonchev–Trinajstić information content (AvgIpc) is 2.67. The van der Waals surface area contributed by atoms with E-state index < -0.39 is 0 Å². The Bertz CT molecular complexity index is 807. The zero-order valence-corrected chi connectivity index (χ0v) is 15.4. The normalized spacial score (nSPS) is 15.0. The number of hydrogen-bond acceptors (Lipinski definition) is 3. The quantitative estimate of drug-likeness (QED) is 0.813. The predicted octanol–water partition coefficient (Wildman–Crippen LogP) is 4.30. The minimum Gasteiger partial charge on any atom is -0.326 e.